The summed E-state index contributed by atoms with van der Waals surface area (Å²) in [4.78, 5) is 16.3. The van der Waals surface area contributed by atoms with Gasteiger partial charge in [0.25, 0.3) is 0 Å². The zero-order valence-corrected chi connectivity index (χ0v) is 16.5. The molecule has 0 fully saturated rings. The predicted octanol–water partition coefficient (Wildman–Crippen LogP) is 4.32. The van der Waals surface area contributed by atoms with E-state index in [1.165, 1.54) is 11.6 Å². The van der Waals surface area contributed by atoms with Crippen molar-refractivity contribution in [2.45, 2.75) is 13.1 Å². The van der Waals surface area contributed by atoms with Crippen molar-refractivity contribution in [3.05, 3.63) is 114 Å². The highest BCUT2D eigenvalue weighted by Gasteiger charge is 2.12. The van der Waals surface area contributed by atoms with E-state index in [1.807, 2.05) is 71.5 Å². The maximum absolute atomic E-state index is 12.3. The highest BCUT2D eigenvalue weighted by molar-refractivity contribution is 5.91. The highest BCUT2D eigenvalue weighted by Crippen LogP contribution is 2.22. The topological polar surface area (TPSA) is 59.8 Å². The quantitative estimate of drug-likeness (QED) is 0.475. The van der Waals surface area contributed by atoms with E-state index < -0.39 is 0 Å². The van der Waals surface area contributed by atoms with Crippen molar-refractivity contribution in [1.82, 2.24) is 20.1 Å². The first-order valence-corrected chi connectivity index (χ1v) is 9.79. The Morgan fingerprint density at radius 3 is 2.37 bits per heavy atom. The Kier molecular flexibility index (Phi) is 6.11. The van der Waals surface area contributed by atoms with Gasteiger partial charge in [0.1, 0.15) is 0 Å². The molecule has 2 aromatic heterocycles. The van der Waals surface area contributed by atoms with Crippen LogP contribution in [0.3, 0.4) is 0 Å². The summed E-state index contributed by atoms with van der Waals surface area (Å²) in [6.07, 6.45) is 8.71. The van der Waals surface area contributed by atoms with E-state index in [1.54, 1.807) is 18.5 Å². The van der Waals surface area contributed by atoms with Crippen LogP contribution in [0, 0.1) is 0 Å². The minimum absolute atomic E-state index is 0.151. The van der Waals surface area contributed by atoms with Gasteiger partial charge in [-0.25, -0.2) is 0 Å². The number of carbonyl (C=O) groups excluding carboxylic acids is 1. The average Bonchev–Trinajstić information content (AvgIpc) is 3.21. The Morgan fingerprint density at radius 2 is 1.63 bits per heavy atom. The lowest BCUT2D eigenvalue weighted by molar-refractivity contribution is -0.116. The molecule has 2 aromatic carbocycles. The fraction of sp³-hybridized carbons (Fsp3) is 0.0800. The molecular weight excluding hydrogens is 372 g/mol. The Bertz CT molecular complexity index is 1120. The number of benzene rings is 2. The molecule has 2 heterocycles. The first-order chi connectivity index (χ1) is 14.8. The SMILES string of the molecule is O=C(/C=C/c1ccncc1)NCc1cn(Cc2ccccc2)nc1-c1ccccc1. The van der Waals surface area contributed by atoms with Crippen LogP contribution in [0.4, 0.5) is 0 Å². The third-order valence-electron chi connectivity index (χ3n) is 4.66. The molecule has 0 aliphatic rings. The fourth-order valence-corrected chi connectivity index (χ4v) is 3.17. The fourth-order valence-electron chi connectivity index (χ4n) is 3.17. The van der Waals surface area contributed by atoms with Crippen molar-refractivity contribution in [1.29, 1.82) is 0 Å². The van der Waals surface area contributed by atoms with Crippen molar-refractivity contribution in [3.8, 4) is 11.3 Å². The van der Waals surface area contributed by atoms with Crippen molar-refractivity contribution in [2.24, 2.45) is 0 Å². The number of hydrogen-bond acceptors (Lipinski definition) is 3. The van der Waals surface area contributed by atoms with Gasteiger partial charge in [0.15, 0.2) is 0 Å². The van der Waals surface area contributed by atoms with E-state index in [9.17, 15) is 4.79 Å². The first kappa shape index (κ1) is 19.3. The zero-order valence-electron chi connectivity index (χ0n) is 16.5. The van der Waals surface area contributed by atoms with Gasteiger partial charge in [-0.05, 0) is 29.3 Å². The van der Waals surface area contributed by atoms with Gasteiger partial charge in [-0.15, -0.1) is 0 Å². The van der Waals surface area contributed by atoms with Crippen LogP contribution in [-0.2, 0) is 17.9 Å². The van der Waals surface area contributed by atoms with Crippen LogP contribution in [0.2, 0.25) is 0 Å². The number of pyridine rings is 1. The standard InChI is InChI=1S/C25H22N4O/c30-24(12-11-20-13-15-26-16-14-20)27-17-23-19-29(18-21-7-3-1-4-8-21)28-25(23)22-9-5-2-6-10-22/h1-16,19H,17-18H2,(H,27,30)/b12-11+. The van der Waals surface area contributed by atoms with E-state index in [0.29, 0.717) is 13.1 Å². The van der Waals surface area contributed by atoms with Gasteiger partial charge < -0.3 is 5.32 Å². The summed E-state index contributed by atoms with van der Waals surface area (Å²) >= 11 is 0. The molecule has 0 aliphatic carbocycles. The second-order valence-corrected chi connectivity index (χ2v) is 6.88. The summed E-state index contributed by atoms with van der Waals surface area (Å²) in [5, 5.41) is 7.75. The molecule has 148 valence electrons. The maximum atomic E-state index is 12.3. The molecular formula is C25H22N4O. The number of nitrogens with zero attached hydrogens (tertiary/aromatic N) is 3. The summed E-state index contributed by atoms with van der Waals surface area (Å²) in [6.45, 7) is 1.08. The van der Waals surface area contributed by atoms with E-state index in [-0.39, 0.29) is 5.91 Å². The Labute approximate surface area is 175 Å². The van der Waals surface area contributed by atoms with Crippen LogP contribution in [0.1, 0.15) is 16.7 Å². The van der Waals surface area contributed by atoms with Crippen LogP contribution >= 0.6 is 0 Å². The smallest absolute Gasteiger partial charge is 0.244 e. The number of carbonyl (C=O) groups is 1. The molecule has 0 radical (unpaired) electrons. The summed E-state index contributed by atoms with van der Waals surface area (Å²) in [5.74, 6) is -0.151. The van der Waals surface area contributed by atoms with Gasteiger partial charge in [0.05, 0.1) is 12.2 Å². The number of aromatic nitrogens is 3. The molecule has 0 atom stereocenters. The van der Waals surface area contributed by atoms with E-state index in [4.69, 9.17) is 5.10 Å². The minimum Gasteiger partial charge on any atom is -0.348 e. The lowest BCUT2D eigenvalue weighted by atomic mass is 10.1. The average molecular weight is 394 g/mol. The molecule has 0 saturated carbocycles. The zero-order chi connectivity index (χ0) is 20.6. The van der Waals surface area contributed by atoms with E-state index >= 15 is 0 Å². The number of hydrogen-bond donors (Lipinski definition) is 1. The van der Waals surface area contributed by atoms with Gasteiger partial charge in [-0.1, -0.05) is 60.7 Å². The maximum Gasteiger partial charge on any atom is 0.244 e. The first-order valence-electron chi connectivity index (χ1n) is 9.79. The lowest BCUT2D eigenvalue weighted by Gasteiger charge is -2.03. The summed E-state index contributed by atoms with van der Waals surface area (Å²) in [6, 6.07) is 23.9. The van der Waals surface area contributed by atoms with Crippen molar-refractivity contribution < 1.29 is 4.79 Å². The molecule has 0 saturated heterocycles. The molecule has 0 bridgehead atoms. The van der Waals surface area contributed by atoms with Gasteiger partial charge in [-0.3, -0.25) is 14.5 Å². The minimum atomic E-state index is -0.151. The Balaban J connectivity index is 1.50. The van der Waals surface area contributed by atoms with Crippen LogP contribution in [0.5, 0.6) is 0 Å². The Morgan fingerprint density at radius 1 is 0.933 bits per heavy atom. The largest absolute Gasteiger partial charge is 0.348 e. The molecule has 0 unspecified atom stereocenters. The van der Waals surface area contributed by atoms with E-state index in [0.717, 1.165) is 22.4 Å². The molecule has 4 aromatic rings. The Hall–Kier alpha value is -3.99. The van der Waals surface area contributed by atoms with Gasteiger partial charge in [0.2, 0.25) is 5.91 Å². The van der Waals surface area contributed by atoms with Gasteiger partial charge >= 0.3 is 0 Å². The molecule has 5 nitrogen and oxygen atoms in total. The molecule has 0 aliphatic heterocycles. The molecule has 5 heteroatoms. The number of rotatable bonds is 7. The van der Waals surface area contributed by atoms with Gasteiger partial charge in [0, 0.05) is 42.3 Å². The lowest BCUT2D eigenvalue weighted by Crippen LogP contribution is -2.20. The monoisotopic (exact) mass is 394 g/mol. The molecule has 30 heavy (non-hydrogen) atoms. The second kappa shape index (κ2) is 9.47. The third-order valence-corrected chi connectivity index (χ3v) is 4.66. The van der Waals surface area contributed by atoms with Gasteiger partial charge in [-0.2, -0.15) is 5.10 Å². The van der Waals surface area contributed by atoms with Crippen LogP contribution in [0.15, 0.2) is 97.5 Å². The third kappa shape index (κ3) is 5.08. The summed E-state index contributed by atoms with van der Waals surface area (Å²) in [7, 11) is 0. The van der Waals surface area contributed by atoms with Crippen LogP contribution in [0.25, 0.3) is 17.3 Å². The van der Waals surface area contributed by atoms with Crippen LogP contribution in [-0.4, -0.2) is 20.7 Å². The molecule has 4 rings (SSSR count). The molecule has 0 spiro atoms. The highest BCUT2D eigenvalue weighted by atomic mass is 16.1. The van der Waals surface area contributed by atoms with Crippen LogP contribution < -0.4 is 5.32 Å². The number of nitrogens with one attached hydrogen (secondary N) is 1. The summed E-state index contributed by atoms with van der Waals surface area (Å²) in [5.41, 5.74) is 4.99. The van der Waals surface area contributed by atoms with Crippen molar-refractivity contribution in [2.75, 3.05) is 0 Å². The second-order valence-electron chi connectivity index (χ2n) is 6.88. The summed E-state index contributed by atoms with van der Waals surface area (Å²) < 4.78 is 1.92. The number of amides is 1. The van der Waals surface area contributed by atoms with E-state index in [2.05, 4.69) is 22.4 Å². The predicted molar refractivity (Wildman–Crippen MR) is 118 cm³/mol. The normalized spacial score (nSPS) is 10.9. The molecule has 1 N–H and O–H groups in total. The van der Waals surface area contributed by atoms with Crippen molar-refractivity contribution >= 4 is 12.0 Å². The molecule has 1 amide bonds. The van der Waals surface area contributed by atoms with Crippen molar-refractivity contribution in [3.63, 3.8) is 0 Å².